The van der Waals surface area contributed by atoms with Crippen molar-refractivity contribution in [3.8, 4) is 24.2 Å². The van der Waals surface area contributed by atoms with Crippen LogP contribution in [0.1, 0.15) is 25.8 Å². The lowest BCUT2D eigenvalue weighted by Gasteiger charge is -2.44. The topological polar surface area (TPSA) is 23.5 Å². The third-order valence-corrected chi connectivity index (χ3v) is 4.37. The number of terminal acetylenes is 1. The molecular formula is C18H21NO. The molecule has 1 saturated heterocycles. The van der Waals surface area contributed by atoms with Crippen LogP contribution in [0.3, 0.4) is 0 Å². The van der Waals surface area contributed by atoms with Gasteiger partial charge in [-0.15, -0.1) is 6.42 Å². The van der Waals surface area contributed by atoms with E-state index < -0.39 is 5.60 Å². The van der Waals surface area contributed by atoms with Crippen molar-refractivity contribution in [1.29, 1.82) is 0 Å². The molecule has 3 atom stereocenters. The zero-order valence-electron chi connectivity index (χ0n) is 12.1. The van der Waals surface area contributed by atoms with Crippen LogP contribution in [0.5, 0.6) is 0 Å². The second-order valence-electron chi connectivity index (χ2n) is 5.49. The molecule has 2 heteroatoms. The number of hydrogen-bond acceptors (Lipinski definition) is 2. The summed E-state index contributed by atoms with van der Waals surface area (Å²) in [5.74, 6) is 8.99. The first kappa shape index (κ1) is 14.7. The van der Waals surface area contributed by atoms with Crippen LogP contribution >= 0.6 is 0 Å². The maximum atomic E-state index is 10.3. The van der Waals surface area contributed by atoms with E-state index in [4.69, 9.17) is 6.42 Å². The SMILES string of the molecule is C#C[C@]1(O)CCN(CC#Cc2ccccc2)[C@H](C)[C@H]1C. The van der Waals surface area contributed by atoms with E-state index in [1.807, 2.05) is 37.3 Å². The van der Waals surface area contributed by atoms with Crippen molar-refractivity contribution in [1.82, 2.24) is 4.90 Å². The average Bonchev–Trinajstić information content (AvgIpc) is 2.48. The maximum Gasteiger partial charge on any atom is 0.130 e. The molecule has 1 fully saturated rings. The van der Waals surface area contributed by atoms with Crippen LogP contribution in [0.25, 0.3) is 0 Å². The minimum absolute atomic E-state index is 0.0553. The van der Waals surface area contributed by atoms with Crippen LogP contribution in [-0.2, 0) is 0 Å². The molecule has 1 aliphatic heterocycles. The van der Waals surface area contributed by atoms with E-state index in [-0.39, 0.29) is 12.0 Å². The molecule has 0 amide bonds. The van der Waals surface area contributed by atoms with Gasteiger partial charge in [-0.2, -0.15) is 0 Å². The van der Waals surface area contributed by atoms with E-state index in [1.165, 1.54) is 0 Å². The fraction of sp³-hybridized carbons (Fsp3) is 0.444. The summed E-state index contributed by atoms with van der Waals surface area (Å²) in [7, 11) is 0. The van der Waals surface area contributed by atoms with Crippen LogP contribution < -0.4 is 0 Å². The Morgan fingerprint density at radius 3 is 2.70 bits per heavy atom. The Morgan fingerprint density at radius 2 is 2.05 bits per heavy atom. The molecule has 0 unspecified atom stereocenters. The second-order valence-corrected chi connectivity index (χ2v) is 5.49. The van der Waals surface area contributed by atoms with Gasteiger partial charge in [-0.25, -0.2) is 0 Å². The molecule has 0 spiro atoms. The predicted molar refractivity (Wildman–Crippen MR) is 81.9 cm³/mol. The van der Waals surface area contributed by atoms with Gasteiger partial charge in [-0.05, 0) is 19.1 Å². The van der Waals surface area contributed by atoms with E-state index in [1.54, 1.807) is 0 Å². The molecule has 0 bridgehead atoms. The Morgan fingerprint density at radius 1 is 1.35 bits per heavy atom. The molecule has 2 nitrogen and oxygen atoms in total. The van der Waals surface area contributed by atoms with Gasteiger partial charge < -0.3 is 5.11 Å². The van der Waals surface area contributed by atoms with Gasteiger partial charge in [-0.3, -0.25) is 4.90 Å². The standard InChI is InChI=1S/C18H21NO/c1-4-18(20)12-14-19(16(3)15(18)2)13-8-11-17-9-6-5-7-10-17/h1,5-7,9-10,15-16,20H,12-14H2,2-3H3/t15-,16-,18+/m1/s1. The summed E-state index contributed by atoms with van der Waals surface area (Å²) in [4.78, 5) is 2.28. The van der Waals surface area contributed by atoms with Crippen molar-refractivity contribution >= 4 is 0 Å². The summed E-state index contributed by atoms with van der Waals surface area (Å²) in [6.07, 6.45) is 6.08. The third kappa shape index (κ3) is 3.05. The first-order chi connectivity index (χ1) is 9.57. The monoisotopic (exact) mass is 267 g/mol. The highest BCUT2D eigenvalue weighted by molar-refractivity contribution is 5.33. The van der Waals surface area contributed by atoms with Gasteiger partial charge >= 0.3 is 0 Å². The average molecular weight is 267 g/mol. The minimum Gasteiger partial charge on any atom is -0.377 e. The Bertz CT molecular complexity index is 548. The number of rotatable bonds is 1. The molecule has 2 rings (SSSR count). The zero-order chi connectivity index (χ0) is 14.6. The summed E-state index contributed by atoms with van der Waals surface area (Å²) in [5.41, 5.74) is 0.0633. The summed E-state index contributed by atoms with van der Waals surface area (Å²) >= 11 is 0. The van der Waals surface area contributed by atoms with Crippen LogP contribution in [0.4, 0.5) is 0 Å². The predicted octanol–water partition coefficient (Wildman–Crippen LogP) is 2.13. The molecule has 0 aromatic heterocycles. The van der Waals surface area contributed by atoms with Crippen LogP contribution in [-0.4, -0.2) is 34.7 Å². The van der Waals surface area contributed by atoms with Crippen molar-refractivity contribution in [3.63, 3.8) is 0 Å². The van der Waals surface area contributed by atoms with Crippen LogP contribution in [0, 0.1) is 30.1 Å². The number of benzene rings is 1. The highest BCUT2D eigenvalue weighted by atomic mass is 16.3. The molecule has 0 saturated carbocycles. The summed E-state index contributed by atoms with van der Waals surface area (Å²) < 4.78 is 0. The highest BCUT2D eigenvalue weighted by Crippen LogP contribution is 2.31. The Kier molecular flexibility index (Phi) is 4.50. The van der Waals surface area contributed by atoms with Crippen molar-refractivity contribution in [2.24, 2.45) is 5.92 Å². The van der Waals surface area contributed by atoms with Gasteiger partial charge in [0.15, 0.2) is 0 Å². The zero-order valence-corrected chi connectivity index (χ0v) is 12.1. The number of piperidine rings is 1. The number of nitrogens with zero attached hydrogens (tertiary/aromatic N) is 1. The summed E-state index contributed by atoms with van der Waals surface area (Å²) in [5, 5.41) is 10.3. The first-order valence-electron chi connectivity index (χ1n) is 7.05. The van der Waals surface area contributed by atoms with E-state index >= 15 is 0 Å². The van der Waals surface area contributed by atoms with E-state index in [0.29, 0.717) is 13.0 Å². The van der Waals surface area contributed by atoms with Gasteiger partial charge in [0.25, 0.3) is 0 Å². The second kappa shape index (κ2) is 6.14. The van der Waals surface area contributed by atoms with E-state index in [9.17, 15) is 5.11 Å². The molecule has 20 heavy (non-hydrogen) atoms. The van der Waals surface area contributed by atoms with Crippen LogP contribution in [0.15, 0.2) is 30.3 Å². The molecule has 104 valence electrons. The van der Waals surface area contributed by atoms with Crippen molar-refractivity contribution in [2.75, 3.05) is 13.1 Å². The Balaban J connectivity index is 1.99. The molecule has 1 aliphatic rings. The van der Waals surface area contributed by atoms with Gasteiger partial charge in [0.05, 0.1) is 6.54 Å². The van der Waals surface area contributed by atoms with Gasteiger partial charge in [0.1, 0.15) is 5.60 Å². The molecular weight excluding hydrogens is 246 g/mol. The lowest BCUT2D eigenvalue weighted by molar-refractivity contribution is -0.0447. The fourth-order valence-electron chi connectivity index (χ4n) is 2.65. The van der Waals surface area contributed by atoms with Crippen LogP contribution in [0.2, 0.25) is 0 Å². The highest BCUT2D eigenvalue weighted by Gasteiger charge is 2.41. The van der Waals surface area contributed by atoms with Gasteiger partial charge in [0, 0.05) is 30.5 Å². The fourth-order valence-corrected chi connectivity index (χ4v) is 2.65. The lowest BCUT2D eigenvalue weighted by Crippen LogP contribution is -2.55. The molecule has 1 N–H and O–H groups in total. The van der Waals surface area contributed by atoms with E-state index in [0.717, 1.165) is 12.1 Å². The van der Waals surface area contributed by atoms with Gasteiger partial charge in [-0.1, -0.05) is 42.9 Å². The van der Waals surface area contributed by atoms with Crippen molar-refractivity contribution < 1.29 is 5.11 Å². The quantitative estimate of drug-likeness (QED) is 0.788. The molecule has 1 heterocycles. The van der Waals surface area contributed by atoms with Crippen molar-refractivity contribution in [2.45, 2.75) is 31.9 Å². The first-order valence-corrected chi connectivity index (χ1v) is 7.05. The maximum absolute atomic E-state index is 10.3. The Hall–Kier alpha value is -1.74. The molecule has 0 aliphatic carbocycles. The number of hydrogen-bond donors (Lipinski definition) is 1. The molecule has 0 radical (unpaired) electrons. The third-order valence-electron chi connectivity index (χ3n) is 4.37. The summed E-state index contributed by atoms with van der Waals surface area (Å²) in [6, 6.07) is 10.2. The van der Waals surface area contributed by atoms with Gasteiger partial charge in [0.2, 0.25) is 0 Å². The van der Waals surface area contributed by atoms with Crippen molar-refractivity contribution in [3.05, 3.63) is 35.9 Å². The normalized spacial score (nSPS) is 30.1. The molecule has 1 aromatic rings. The van der Waals surface area contributed by atoms with E-state index in [2.05, 4.69) is 29.6 Å². The Labute approximate surface area is 121 Å². The minimum atomic E-state index is -0.969. The smallest absolute Gasteiger partial charge is 0.130 e. The summed E-state index contributed by atoms with van der Waals surface area (Å²) in [6.45, 7) is 5.62. The number of likely N-dealkylation sites (tertiary alicyclic amines) is 1. The largest absolute Gasteiger partial charge is 0.377 e. The number of aliphatic hydroxyl groups is 1. The molecule has 1 aromatic carbocycles. The lowest BCUT2D eigenvalue weighted by atomic mass is 9.78.